The van der Waals surface area contributed by atoms with Crippen LogP contribution < -0.4 is 5.32 Å². The molecule has 0 amide bonds. The number of nitrogens with zero attached hydrogens (tertiary/aromatic N) is 4. The molecule has 0 aromatic carbocycles. The molecule has 0 aliphatic carbocycles. The van der Waals surface area contributed by atoms with E-state index in [2.05, 4.69) is 35.5 Å². The van der Waals surface area contributed by atoms with Crippen molar-refractivity contribution in [2.45, 2.75) is 26.2 Å². The fourth-order valence-electron chi connectivity index (χ4n) is 2.74. The zero-order chi connectivity index (χ0) is 15.8. The third-order valence-corrected chi connectivity index (χ3v) is 3.90. The first-order valence-electron chi connectivity index (χ1n) is 8.23. The van der Waals surface area contributed by atoms with Crippen LogP contribution in [0.25, 0.3) is 0 Å². The van der Waals surface area contributed by atoms with E-state index < -0.39 is 0 Å². The first-order chi connectivity index (χ1) is 10.7. The number of aryl methyl sites for hydroxylation is 2. The van der Waals surface area contributed by atoms with Crippen molar-refractivity contribution in [1.29, 1.82) is 0 Å². The fourth-order valence-corrected chi connectivity index (χ4v) is 2.74. The zero-order valence-corrected chi connectivity index (χ0v) is 14.1. The molecule has 1 saturated heterocycles. The topological polar surface area (TPSA) is 54.7 Å². The lowest BCUT2D eigenvalue weighted by Crippen LogP contribution is -2.41. The van der Waals surface area contributed by atoms with Gasteiger partial charge >= 0.3 is 0 Å². The molecule has 2 rings (SSSR count). The molecular weight excluding hydrogens is 278 g/mol. The van der Waals surface area contributed by atoms with Crippen molar-refractivity contribution in [3.63, 3.8) is 0 Å². The highest BCUT2D eigenvalue weighted by Gasteiger charge is 2.18. The SMILES string of the molecule is CCNC(=NCCCc1cnn(C)c1)N(C)CC1CCOC1. The highest BCUT2D eigenvalue weighted by atomic mass is 16.5. The summed E-state index contributed by atoms with van der Waals surface area (Å²) in [4.78, 5) is 6.97. The second-order valence-corrected chi connectivity index (χ2v) is 5.97. The first-order valence-corrected chi connectivity index (χ1v) is 8.23. The summed E-state index contributed by atoms with van der Waals surface area (Å²) in [5.41, 5.74) is 1.28. The maximum atomic E-state index is 5.45. The smallest absolute Gasteiger partial charge is 0.193 e. The van der Waals surface area contributed by atoms with Gasteiger partial charge in [-0.05, 0) is 31.7 Å². The Morgan fingerprint density at radius 1 is 1.59 bits per heavy atom. The van der Waals surface area contributed by atoms with Gasteiger partial charge in [0, 0.05) is 52.5 Å². The summed E-state index contributed by atoms with van der Waals surface area (Å²) in [5, 5.41) is 7.57. The summed E-state index contributed by atoms with van der Waals surface area (Å²) in [7, 11) is 4.06. The standard InChI is InChI=1S/C16H29N5O/c1-4-17-16(20(2)11-15-7-9-22-13-15)18-8-5-6-14-10-19-21(3)12-14/h10,12,15H,4-9,11,13H2,1-3H3,(H,17,18). The van der Waals surface area contributed by atoms with E-state index in [4.69, 9.17) is 9.73 Å². The van der Waals surface area contributed by atoms with E-state index in [-0.39, 0.29) is 0 Å². The molecular formula is C16H29N5O. The number of rotatable bonds is 7. The minimum Gasteiger partial charge on any atom is -0.381 e. The number of hydrogen-bond acceptors (Lipinski definition) is 3. The molecule has 6 heteroatoms. The number of hydrogen-bond donors (Lipinski definition) is 1. The third kappa shape index (κ3) is 5.33. The van der Waals surface area contributed by atoms with E-state index >= 15 is 0 Å². The molecule has 22 heavy (non-hydrogen) atoms. The Bertz CT molecular complexity index is 465. The van der Waals surface area contributed by atoms with Gasteiger partial charge in [-0.2, -0.15) is 5.10 Å². The quantitative estimate of drug-likeness (QED) is 0.468. The van der Waals surface area contributed by atoms with Crippen LogP contribution in [0.5, 0.6) is 0 Å². The molecule has 0 spiro atoms. The first kappa shape index (κ1) is 16.8. The van der Waals surface area contributed by atoms with Crippen LogP contribution in [0.1, 0.15) is 25.3 Å². The van der Waals surface area contributed by atoms with Crippen LogP contribution in [-0.4, -0.2) is 60.5 Å². The largest absolute Gasteiger partial charge is 0.381 e. The maximum absolute atomic E-state index is 5.45. The molecule has 0 bridgehead atoms. The van der Waals surface area contributed by atoms with Gasteiger partial charge in [-0.25, -0.2) is 0 Å². The average molecular weight is 307 g/mol. The lowest BCUT2D eigenvalue weighted by molar-refractivity contribution is 0.181. The Balaban J connectivity index is 1.77. The minimum atomic E-state index is 0.629. The van der Waals surface area contributed by atoms with Crippen molar-refractivity contribution in [3.8, 4) is 0 Å². The molecule has 1 aromatic heterocycles. The Labute approximate surface area is 133 Å². The van der Waals surface area contributed by atoms with Gasteiger partial charge in [0.2, 0.25) is 0 Å². The van der Waals surface area contributed by atoms with Crippen molar-refractivity contribution in [2.24, 2.45) is 18.0 Å². The summed E-state index contributed by atoms with van der Waals surface area (Å²) < 4.78 is 7.30. The second-order valence-electron chi connectivity index (χ2n) is 5.97. The molecule has 1 aliphatic rings. The highest BCUT2D eigenvalue weighted by Crippen LogP contribution is 2.13. The average Bonchev–Trinajstić information content (AvgIpc) is 3.14. The molecule has 1 fully saturated rings. The molecule has 1 atom stereocenters. The number of aliphatic imine (C=N–C) groups is 1. The van der Waals surface area contributed by atoms with Crippen LogP contribution in [-0.2, 0) is 18.2 Å². The molecule has 0 saturated carbocycles. The van der Waals surface area contributed by atoms with E-state index in [1.807, 2.05) is 17.9 Å². The predicted molar refractivity (Wildman–Crippen MR) is 89.1 cm³/mol. The molecule has 124 valence electrons. The second kappa shape index (κ2) is 8.78. The normalized spacial score (nSPS) is 18.7. The Morgan fingerprint density at radius 2 is 2.45 bits per heavy atom. The molecule has 6 nitrogen and oxygen atoms in total. The number of ether oxygens (including phenoxy) is 1. The monoisotopic (exact) mass is 307 g/mol. The summed E-state index contributed by atoms with van der Waals surface area (Å²) >= 11 is 0. The van der Waals surface area contributed by atoms with Gasteiger partial charge in [0.05, 0.1) is 12.8 Å². The van der Waals surface area contributed by atoms with Crippen LogP contribution >= 0.6 is 0 Å². The van der Waals surface area contributed by atoms with Gasteiger partial charge in [-0.3, -0.25) is 9.67 Å². The van der Waals surface area contributed by atoms with Gasteiger partial charge in [-0.15, -0.1) is 0 Å². The van der Waals surface area contributed by atoms with Gasteiger partial charge in [0.25, 0.3) is 0 Å². The van der Waals surface area contributed by atoms with Gasteiger partial charge < -0.3 is 15.0 Å². The highest BCUT2D eigenvalue weighted by molar-refractivity contribution is 5.79. The van der Waals surface area contributed by atoms with Crippen LogP contribution in [0.2, 0.25) is 0 Å². The third-order valence-electron chi connectivity index (χ3n) is 3.90. The van der Waals surface area contributed by atoms with Crippen molar-refractivity contribution < 1.29 is 4.74 Å². The maximum Gasteiger partial charge on any atom is 0.193 e. The lowest BCUT2D eigenvalue weighted by Gasteiger charge is -2.24. The molecule has 1 unspecified atom stereocenters. The molecule has 1 aromatic rings. The summed E-state index contributed by atoms with van der Waals surface area (Å²) in [6.45, 7) is 6.63. The number of aromatic nitrogens is 2. The number of guanidine groups is 1. The number of nitrogens with one attached hydrogen (secondary N) is 1. The molecule has 1 aliphatic heterocycles. The van der Waals surface area contributed by atoms with E-state index in [0.29, 0.717) is 5.92 Å². The van der Waals surface area contributed by atoms with Gasteiger partial charge in [0.1, 0.15) is 0 Å². The van der Waals surface area contributed by atoms with Gasteiger partial charge in [0.15, 0.2) is 5.96 Å². The van der Waals surface area contributed by atoms with Crippen molar-refractivity contribution in [2.75, 3.05) is 39.9 Å². The van der Waals surface area contributed by atoms with E-state index in [1.165, 1.54) is 5.56 Å². The predicted octanol–water partition coefficient (Wildman–Crippen LogP) is 1.29. The Morgan fingerprint density at radius 3 is 3.09 bits per heavy atom. The molecule has 0 radical (unpaired) electrons. The van der Waals surface area contributed by atoms with Gasteiger partial charge in [-0.1, -0.05) is 0 Å². The fraction of sp³-hybridized carbons (Fsp3) is 0.750. The molecule has 1 N–H and O–H groups in total. The summed E-state index contributed by atoms with van der Waals surface area (Å²) in [6, 6.07) is 0. The van der Waals surface area contributed by atoms with Crippen LogP contribution in [0.15, 0.2) is 17.4 Å². The molecule has 2 heterocycles. The van der Waals surface area contributed by atoms with E-state index in [1.54, 1.807) is 0 Å². The van der Waals surface area contributed by atoms with Crippen molar-refractivity contribution in [3.05, 3.63) is 18.0 Å². The minimum absolute atomic E-state index is 0.629. The van der Waals surface area contributed by atoms with Crippen LogP contribution in [0.4, 0.5) is 0 Å². The van der Waals surface area contributed by atoms with Crippen molar-refractivity contribution >= 4 is 5.96 Å². The summed E-state index contributed by atoms with van der Waals surface area (Å²) in [6.07, 6.45) is 7.23. The van der Waals surface area contributed by atoms with E-state index in [0.717, 1.165) is 58.1 Å². The zero-order valence-electron chi connectivity index (χ0n) is 14.1. The van der Waals surface area contributed by atoms with Crippen LogP contribution in [0, 0.1) is 5.92 Å². The van der Waals surface area contributed by atoms with Crippen LogP contribution in [0.3, 0.4) is 0 Å². The summed E-state index contributed by atoms with van der Waals surface area (Å²) in [5.74, 6) is 1.63. The van der Waals surface area contributed by atoms with Crippen molar-refractivity contribution in [1.82, 2.24) is 20.0 Å². The van der Waals surface area contributed by atoms with E-state index in [9.17, 15) is 0 Å². The Hall–Kier alpha value is -1.56. The lowest BCUT2D eigenvalue weighted by atomic mass is 10.1. The Kier molecular flexibility index (Phi) is 6.71.